The Morgan fingerprint density at radius 2 is 1.93 bits per heavy atom. The summed E-state index contributed by atoms with van der Waals surface area (Å²) >= 11 is 0. The second kappa shape index (κ2) is 7.52. The molecule has 4 rings (SSSR count). The van der Waals surface area contributed by atoms with Gasteiger partial charge < -0.3 is 15.4 Å². The first kappa shape index (κ1) is 17.7. The van der Waals surface area contributed by atoms with Crippen LogP contribution in [0.4, 0.5) is 5.69 Å². The molecule has 1 saturated carbocycles. The van der Waals surface area contributed by atoms with Crippen LogP contribution in [0, 0.1) is 0 Å². The largest absolute Gasteiger partial charge is 0.381 e. The molecule has 2 amide bonds. The van der Waals surface area contributed by atoms with E-state index in [2.05, 4.69) is 15.7 Å². The second-order valence-electron chi connectivity index (χ2n) is 7.28. The maximum atomic E-state index is 13.2. The minimum atomic E-state index is -0.606. The quantitative estimate of drug-likeness (QED) is 0.815. The summed E-state index contributed by atoms with van der Waals surface area (Å²) < 4.78 is 7.04. The molecular formula is C20H24N4O3. The van der Waals surface area contributed by atoms with Crippen molar-refractivity contribution in [3.63, 3.8) is 0 Å². The maximum Gasteiger partial charge on any atom is 0.241 e. The summed E-state index contributed by atoms with van der Waals surface area (Å²) in [6.07, 6.45) is 6.67. The smallest absolute Gasteiger partial charge is 0.241 e. The lowest BCUT2D eigenvalue weighted by Crippen LogP contribution is -2.44. The summed E-state index contributed by atoms with van der Waals surface area (Å²) in [6.45, 7) is 1.27. The average molecular weight is 368 g/mol. The summed E-state index contributed by atoms with van der Waals surface area (Å²) in [7, 11) is 0. The molecule has 2 heterocycles. The summed E-state index contributed by atoms with van der Waals surface area (Å²) in [5.74, 6) is -0.109. The van der Waals surface area contributed by atoms with Crippen LogP contribution in [0.5, 0.6) is 0 Å². The fourth-order valence-corrected chi connectivity index (χ4v) is 3.54. The van der Waals surface area contributed by atoms with Crippen molar-refractivity contribution in [2.45, 2.75) is 43.7 Å². The van der Waals surface area contributed by atoms with Crippen molar-refractivity contribution in [2.75, 3.05) is 18.5 Å². The number of hydrogen-bond acceptors (Lipinski definition) is 4. The number of anilines is 1. The Balaban J connectivity index is 1.46. The predicted molar refractivity (Wildman–Crippen MR) is 100 cm³/mol. The first-order valence-corrected chi connectivity index (χ1v) is 9.42. The van der Waals surface area contributed by atoms with Crippen LogP contribution in [0.15, 0.2) is 42.7 Å². The predicted octanol–water partition coefficient (Wildman–Crippen LogP) is 1.85. The highest BCUT2D eigenvalue weighted by Gasteiger charge is 2.41. The van der Waals surface area contributed by atoms with Gasteiger partial charge >= 0.3 is 0 Å². The van der Waals surface area contributed by atoms with Gasteiger partial charge in [0.2, 0.25) is 11.8 Å². The molecule has 2 aliphatic rings. The highest BCUT2D eigenvalue weighted by molar-refractivity contribution is 5.99. The fraction of sp³-hybridized carbons (Fsp3) is 0.450. The minimum absolute atomic E-state index is 0.0522. The van der Waals surface area contributed by atoms with Gasteiger partial charge in [0.1, 0.15) is 6.54 Å². The van der Waals surface area contributed by atoms with Crippen molar-refractivity contribution < 1.29 is 14.3 Å². The van der Waals surface area contributed by atoms with Crippen molar-refractivity contribution in [3.8, 4) is 0 Å². The molecule has 7 nitrogen and oxygen atoms in total. The zero-order chi connectivity index (χ0) is 18.7. The molecule has 7 heteroatoms. The zero-order valence-corrected chi connectivity index (χ0v) is 15.2. The van der Waals surface area contributed by atoms with Crippen LogP contribution in [0.25, 0.3) is 0 Å². The van der Waals surface area contributed by atoms with E-state index in [-0.39, 0.29) is 18.4 Å². The summed E-state index contributed by atoms with van der Waals surface area (Å²) in [5.41, 5.74) is 0.994. The molecule has 2 aromatic rings. The van der Waals surface area contributed by atoms with E-state index in [9.17, 15) is 9.59 Å². The molecular weight excluding hydrogens is 344 g/mol. The monoisotopic (exact) mass is 368 g/mol. The molecule has 1 aromatic heterocycles. The van der Waals surface area contributed by atoms with Crippen LogP contribution in [-0.4, -0.2) is 40.9 Å². The van der Waals surface area contributed by atoms with Gasteiger partial charge in [-0.2, -0.15) is 5.10 Å². The lowest BCUT2D eigenvalue weighted by Gasteiger charge is -2.36. The topological polar surface area (TPSA) is 85.2 Å². The highest BCUT2D eigenvalue weighted by Crippen LogP contribution is 2.36. The molecule has 1 aromatic carbocycles. The van der Waals surface area contributed by atoms with E-state index < -0.39 is 5.41 Å². The molecule has 27 heavy (non-hydrogen) atoms. The number of carbonyl (C=O) groups excluding carboxylic acids is 2. The number of aromatic nitrogens is 2. The lowest BCUT2D eigenvalue weighted by atomic mass is 9.73. The Hall–Kier alpha value is -2.67. The highest BCUT2D eigenvalue weighted by atomic mass is 16.5. The summed E-state index contributed by atoms with van der Waals surface area (Å²) in [6, 6.07) is 10.2. The zero-order valence-electron chi connectivity index (χ0n) is 15.2. The Morgan fingerprint density at radius 1 is 1.19 bits per heavy atom. The molecule has 1 aliphatic carbocycles. The SMILES string of the molecule is O=C(Cn1cc(NC(=O)C2(c3ccccc3)CCOCC2)cn1)NC1CC1. The first-order chi connectivity index (χ1) is 13.2. The number of nitrogens with zero attached hydrogens (tertiary/aromatic N) is 2. The molecule has 0 bridgehead atoms. The molecule has 0 radical (unpaired) electrons. The van der Waals surface area contributed by atoms with Crippen molar-refractivity contribution in [1.82, 2.24) is 15.1 Å². The number of hydrogen-bond donors (Lipinski definition) is 2. The number of benzene rings is 1. The van der Waals surface area contributed by atoms with Crippen LogP contribution in [0.3, 0.4) is 0 Å². The first-order valence-electron chi connectivity index (χ1n) is 9.42. The van der Waals surface area contributed by atoms with Gasteiger partial charge in [0.05, 0.1) is 17.3 Å². The van der Waals surface area contributed by atoms with Gasteiger partial charge in [0, 0.05) is 25.5 Å². The Labute approximate surface area is 158 Å². The van der Waals surface area contributed by atoms with E-state index in [4.69, 9.17) is 4.74 Å². The average Bonchev–Trinajstić information content (AvgIpc) is 3.40. The molecule has 142 valence electrons. The number of ether oxygens (including phenoxy) is 1. The Bertz CT molecular complexity index is 808. The van der Waals surface area contributed by atoms with Gasteiger partial charge in [-0.15, -0.1) is 0 Å². The van der Waals surface area contributed by atoms with E-state index in [1.165, 1.54) is 0 Å². The molecule has 0 spiro atoms. The van der Waals surface area contributed by atoms with Crippen LogP contribution < -0.4 is 10.6 Å². The minimum Gasteiger partial charge on any atom is -0.381 e. The van der Waals surface area contributed by atoms with Crippen molar-refractivity contribution in [3.05, 3.63) is 48.3 Å². The number of amides is 2. The number of nitrogens with one attached hydrogen (secondary N) is 2. The van der Waals surface area contributed by atoms with Crippen molar-refractivity contribution >= 4 is 17.5 Å². The standard InChI is InChI=1S/C20H24N4O3/c25-18(22-16-6-7-16)14-24-13-17(12-21-24)23-19(26)20(8-10-27-11-9-20)15-4-2-1-3-5-15/h1-5,12-13,16H,6-11,14H2,(H,22,25)(H,23,26). The van der Waals surface area contributed by atoms with Gasteiger partial charge in [-0.1, -0.05) is 30.3 Å². The molecule has 0 atom stereocenters. The van der Waals surface area contributed by atoms with Crippen LogP contribution in [0.1, 0.15) is 31.2 Å². The summed E-state index contributed by atoms with van der Waals surface area (Å²) in [5, 5.41) is 10.1. The van der Waals surface area contributed by atoms with Gasteiger partial charge in [-0.05, 0) is 31.2 Å². The Morgan fingerprint density at radius 3 is 2.63 bits per heavy atom. The third-order valence-electron chi connectivity index (χ3n) is 5.25. The molecule has 0 unspecified atom stereocenters. The van der Waals surface area contributed by atoms with Gasteiger partial charge in [0.15, 0.2) is 0 Å². The fourth-order valence-electron chi connectivity index (χ4n) is 3.54. The van der Waals surface area contributed by atoms with Crippen LogP contribution in [0.2, 0.25) is 0 Å². The van der Waals surface area contributed by atoms with Gasteiger partial charge in [-0.3, -0.25) is 14.3 Å². The van der Waals surface area contributed by atoms with Crippen LogP contribution >= 0.6 is 0 Å². The van der Waals surface area contributed by atoms with E-state index in [1.807, 2.05) is 30.3 Å². The van der Waals surface area contributed by atoms with E-state index in [0.29, 0.717) is 37.8 Å². The van der Waals surface area contributed by atoms with Crippen LogP contribution in [-0.2, 0) is 26.3 Å². The Kier molecular flexibility index (Phi) is 4.94. The van der Waals surface area contributed by atoms with E-state index in [0.717, 1.165) is 18.4 Å². The third kappa shape index (κ3) is 4.03. The van der Waals surface area contributed by atoms with E-state index in [1.54, 1.807) is 17.1 Å². The molecule has 2 N–H and O–H groups in total. The molecule has 2 fully saturated rings. The van der Waals surface area contributed by atoms with Crippen molar-refractivity contribution in [2.24, 2.45) is 0 Å². The number of rotatable bonds is 6. The second-order valence-corrected chi connectivity index (χ2v) is 7.28. The maximum absolute atomic E-state index is 13.2. The third-order valence-corrected chi connectivity index (χ3v) is 5.25. The number of carbonyl (C=O) groups is 2. The molecule has 1 aliphatic heterocycles. The molecule has 1 saturated heterocycles. The normalized spacial score (nSPS) is 18.7. The lowest BCUT2D eigenvalue weighted by molar-refractivity contribution is -0.125. The van der Waals surface area contributed by atoms with Gasteiger partial charge in [-0.25, -0.2) is 0 Å². The van der Waals surface area contributed by atoms with E-state index >= 15 is 0 Å². The van der Waals surface area contributed by atoms with Gasteiger partial charge in [0.25, 0.3) is 0 Å². The summed E-state index contributed by atoms with van der Waals surface area (Å²) in [4.78, 5) is 25.1. The van der Waals surface area contributed by atoms with Crippen molar-refractivity contribution in [1.29, 1.82) is 0 Å².